The van der Waals surface area contributed by atoms with Gasteiger partial charge in [0, 0.05) is 12.2 Å². The van der Waals surface area contributed by atoms with Gasteiger partial charge in [0.05, 0.1) is 14.2 Å². The first-order valence-electron chi connectivity index (χ1n) is 7.70. The van der Waals surface area contributed by atoms with Gasteiger partial charge in [-0.2, -0.15) is 0 Å². The van der Waals surface area contributed by atoms with E-state index in [1.807, 2.05) is 30.3 Å². The Morgan fingerprint density at radius 3 is 2.42 bits per heavy atom. The van der Waals surface area contributed by atoms with Crippen LogP contribution in [0.3, 0.4) is 0 Å². The fourth-order valence-electron chi connectivity index (χ4n) is 3.35. The van der Waals surface area contributed by atoms with Crippen LogP contribution in [-0.4, -0.2) is 50.5 Å². The molecule has 4 atom stereocenters. The summed E-state index contributed by atoms with van der Waals surface area (Å²) in [5.74, 6) is -4.50. The number of ether oxygens (including phenoxy) is 4. The van der Waals surface area contributed by atoms with Crippen LogP contribution in [0.25, 0.3) is 0 Å². The molecule has 0 aliphatic carbocycles. The van der Waals surface area contributed by atoms with Gasteiger partial charge in [0.2, 0.25) is 5.79 Å². The lowest BCUT2D eigenvalue weighted by Crippen LogP contribution is -2.53. The summed E-state index contributed by atoms with van der Waals surface area (Å²) >= 11 is 0. The van der Waals surface area contributed by atoms with Gasteiger partial charge < -0.3 is 18.9 Å². The summed E-state index contributed by atoms with van der Waals surface area (Å²) in [5, 5.41) is 0. The van der Waals surface area contributed by atoms with Crippen molar-refractivity contribution in [3.63, 3.8) is 0 Å². The van der Waals surface area contributed by atoms with Crippen molar-refractivity contribution < 1.29 is 28.5 Å². The summed E-state index contributed by atoms with van der Waals surface area (Å²) in [6.07, 6.45) is -0.844. The molecular weight excluding hydrogens is 314 g/mol. The number of hydrogen-bond acceptors (Lipinski definition) is 7. The zero-order chi connectivity index (χ0) is 17.3. The van der Waals surface area contributed by atoms with E-state index in [-0.39, 0.29) is 6.61 Å². The largest absolute Gasteiger partial charge is 0.469 e. The highest BCUT2D eigenvalue weighted by Crippen LogP contribution is 2.50. The molecule has 128 valence electrons. The van der Waals surface area contributed by atoms with Crippen molar-refractivity contribution in [1.82, 2.24) is 0 Å². The minimum absolute atomic E-state index is 0.278. The number of carbonyl (C=O) groups excluding carboxylic acids is 2. The van der Waals surface area contributed by atoms with Crippen LogP contribution in [-0.2, 0) is 28.5 Å². The Morgan fingerprint density at radius 1 is 1.17 bits per heavy atom. The van der Waals surface area contributed by atoms with Crippen molar-refractivity contribution in [3.8, 4) is 0 Å². The first kappa shape index (κ1) is 16.6. The van der Waals surface area contributed by atoms with Gasteiger partial charge in [-0.3, -0.25) is 14.6 Å². The third-order valence-corrected chi connectivity index (χ3v) is 4.29. The van der Waals surface area contributed by atoms with Crippen molar-refractivity contribution in [2.45, 2.75) is 18.9 Å². The summed E-state index contributed by atoms with van der Waals surface area (Å²) in [6, 6.07) is 9.29. The molecule has 0 N–H and O–H groups in total. The Labute approximate surface area is 139 Å². The summed E-state index contributed by atoms with van der Waals surface area (Å²) in [7, 11) is 2.53. The lowest BCUT2D eigenvalue weighted by molar-refractivity contribution is -0.193. The van der Waals surface area contributed by atoms with Crippen molar-refractivity contribution in [2.75, 3.05) is 20.8 Å². The molecule has 2 heterocycles. The van der Waals surface area contributed by atoms with Gasteiger partial charge in [-0.15, -0.1) is 0 Å². The molecule has 24 heavy (non-hydrogen) atoms. The van der Waals surface area contributed by atoms with Crippen molar-refractivity contribution in [1.29, 1.82) is 0 Å². The van der Waals surface area contributed by atoms with Crippen LogP contribution in [0.4, 0.5) is 0 Å². The molecule has 2 bridgehead atoms. The molecule has 0 spiro atoms. The number of esters is 2. The number of hydrogen-bond donors (Lipinski definition) is 0. The molecule has 1 fully saturated rings. The summed E-state index contributed by atoms with van der Waals surface area (Å²) in [6.45, 7) is 2.06. The highest BCUT2D eigenvalue weighted by atomic mass is 16.7. The highest BCUT2D eigenvalue weighted by Gasteiger charge is 2.69. The maximum atomic E-state index is 12.4. The lowest BCUT2D eigenvalue weighted by Gasteiger charge is -2.33. The van der Waals surface area contributed by atoms with Gasteiger partial charge in [0.25, 0.3) is 0 Å². The maximum Gasteiger partial charge on any atom is 0.315 e. The quantitative estimate of drug-likeness (QED) is 0.752. The minimum atomic E-state index is -1.45. The molecule has 0 radical (unpaired) electrons. The van der Waals surface area contributed by atoms with Gasteiger partial charge in [0.1, 0.15) is 17.5 Å². The monoisotopic (exact) mass is 333 g/mol. The normalized spacial score (nSPS) is 30.8. The molecule has 3 rings (SSSR count). The second-order valence-corrected chi connectivity index (χ2v) is 5.50. The van der Waals surface area contributed by atoms with Crippen molar-refractivity contribution in [2.24, 2.45) is 16.8 Å². The first-order valence-corrected chi connectivity index (χ1v) is 7.70. The molecule has 0 saturated carbocycles. The third kappa shape index (κ3) is 2.32. The summed E-state index contributed by atoms with van der Waals surface area (Å²) in [5.41, 5.74) is 1.26. The lowest BCUT2D eigenvalue weighted by atomic mass is 9.80. The molecule has 7 heteroatoms. The number of carbonyl (C=O) groups is 2. The smallest absolute Gasteiger partial charge is 0.315 e. The average Bonchev–Trinajstić information content (AvgIpc) is 3.14. The van der Waals surface area contributed by atoms with Crippen LogP contribution in [0, 0.1) is 11.8 Å². The van der Waals surface area contributed by atoms with E-state index >= 15 is 0 Å². The molecule has 2 unspecified atom stereocenters. The number of fused-ring (bicyclic) bond motifs is 2. The Hall–Kier alpha value is -2.25. The van der Waals surface area contributed by atoms with E-state index in [0.717, 1.165) is 5.56 Å². The fraction of sp³-hybridized carbons (Fsp3) is 0.471. The summed E-state index contributed by atoms with van der Waals surface area (Å²) in [4.78, 5) is 29.1. The van der Waals surface area contributed by atoms with Gasteiger partial charge in [-0.05, 0) is 6.92 Å². The Balaban J connectivity index is 2.12. The SMILES string of the molecule is CCO[C@@]12O[C@H](N=C1c1ccccc1)C(C(=O)OC)C2C(=O)OC. The molecular formula is C17H19NO6. The molecule has 1 aromatic rings. The van der Waals surface area contributed by atoms with E-state index in [2.05, 4.69) is 4.99 Å². The van der Waals surface area contributed by atoms with E-state index in [1.165, 1.54) is 14.2 Å². The Bertz CT molecular complexity index is 673. The number of methoxy groups -OCH3 is 2. The number of aliphatic imine (C=N–C) groups is 1. The Kier molecular flexibility index (Phi) is 4.38. The van der Waals surface area contributed by atoms with Gasteiger partial charge in [-0.1, -0.05) is 30.3 Å². The van der Waals surface area contributed by atoms with E-state index in [0.29, 0.717) is 5.71 Å². The molecule has 2 aliphatic rings. The molecule has 2 aliphatic heterocycles. The molecule has 1 saturated heterocycles. The zero-order valence-corrected chi connectivity index (χ0v) is 13.7. The number of benzene rings is 1. The topological polar surface area (TPSA) is 83.4 Å². The number of rotatable bonds is 5. The van der Waals surface area contributed by atoms with Crippen LogP contribution < -0.4 is 0 Å². The minimum Gasteiger partial charge on any atom is -0.469 e. The van der Waals surface area contributed by atoms with Crippen LogP contribution in [0.5, 0.6) is 0 Å². The van der Waals surface area contributed by atoms with E-state index in [9.17, 15) is 9.59 Å². The van der Waals surface area contributed by atoms with E-state index < -0.39 is 35.8 Å². The van der Waals surface area contributed by atoms with Crippen LogP contribution in [0.2, 0.25) is 0 Å². The third-order valence-electron chi connectivity index (χ3n) is 4.29. The van der Waals surface area contributed by atoms with Gasteiger partial charge in [0.15, 0.2) is 6.23 Å². The van der Waals surface area contributed by atoms with Gasteiger partial charge >= 0.3 is 11.9 Å². The average molecular weight is 333 g/mol. The first-order chi connectivity index (χ1) is 11.6. The van der Waals surface area contributed by atoms with Crippen molar-refractivity contribution >= 4 is 17.7 Å². The van der Waals surface area contributed by atoms with Gasteiger partial charge in [-0.25, -0.2) is 0 Å². The predicted octanol–water partition coefficient (Wildman–Crippen LogP) is 1.16. The predicted molar refractivity (Wildman–Crippen MR) is 83.2 cm³/mol. The highest BCUT2D eigenvalue weighted by molar-refractivity contribution is 6.10. The van der Waals surface area contributed by atoms with Crippen LogP contribution in [0.15, 0.2) is 35.3 Å². The van der Waals surface area contributed by atoms with Crippen molar-refractivity contribution in [3.05, 3.63) is 35.9 Å². The van der Waals surface area contributed by atoms with Crippen LogP contribution in [0.1, 0.15) is 12.5 Å². The molecule has 0 amide bonds. The summed E-state index contributed by atoms with van der Waals surface area (Å²) < 4.78 is 21.5. The van der Waals surface area contributed by atoms with Crippen LogP contribution >= 0.6 is 0 Å². The zero-order valence-electron chi connectivity index (χ0n) is 13.7. The second-order valence-electron chi connectivity index (χ2n) is 5.50. The van der Waals surface area contributed by atoms with E-state index in [4.69, 9.17) is 18.9 Å². The van der Waals surface area contributed by atoms with E-state index in [1.54, 1.807) is 6.92 Å². The second kappa shape index (κ2) is 6.33. The maximum absolute atomic E-state index is 12.4. The standard InChI is InChI=1S/C17H19NO6/c1-4-23-17-12(16(20)22-3)11(15(19)21-2)14(24-17)18-13(17)10-8-6-5-7-9-10/h5-9,11-12,14H,4H2,1-3H3/t11?,12?,14-,17-/m0/s1. The number of nitrogens with zero attached hydrogens (tertiary/aromatic N) is 1. The molecule has 0 aromatic heterocycles. The Morgan fingerprint density at radius 2 is 1.83 bits per heavy atom. The molecule has 1 aromatic carbocycles. The fourth-order valence-corrected chi connectivity index (χ4v) is 3.35. The molecule has 7 nitrogen and oxygen atoms in total.